The van der Waals surface area contributed by atoms with Crippen LogP contribution in [0.5, 0.6) is 11.5 Å². The zero-order valence-corrected chi connectivity index (χ0v) is 14.7. The zero-order chi connectivity index (χ0) is 17.5. The fourth-order valence-corrected chi connectivity index (χ4v) is 2.96. The molecule has 0 radical (unpaired) electrons. The van der Waals surface area contributed by atoms with Crippen LogP contribution < -0.4 is 9.47 Å². The summed E-state index contributed by atoms with van der Waals surface area (Å²) >= 11 is 0. The number of ether oxygens (including phenoxy) is 2. The molecule has 0 spiro atoms. The number of hydrogen-bond acceptors (Lipinski definition) is 3. The van der Waals surface area contributed by atoms with Crippen LogP contribution in [-0.2, 0) is 4.79 Å². The normalized spacial score (nSPS) is 15.0. The van der Waals surface area contributed by atoms with Crippen LogP contribution in [0.1, 0.15) is 24.8 Å². The minimum Gasteiger partial charge on any atom is -0.493 e. The van der Waals surface area contributed by atoms with Gasteiger partial charge >= 0.3 is 0 Å². The van der Waals surface area contributed by atoms with Crippen LogP contribution in [0.2, 0.25) is 0 Å². The van der Waals surface area contributed by atoms with Gasteiger partial charge in [0.25, 0.3) is 0 Å². The lowest BCUT2D eigenvalue weighted by Crippen LogP contribution is -2.42. The van der Waals surface area contributed by atoms with Gasteiger partial charge in [-0.15, -0.1) is 0 Å². The van der Waals surface area contributed by atoms with Crippen molar-refractivity contribution < 1.29 is 14.3 Å². The Morgan fingerprint density at radius 2 is 1.68 bits per heavy atom. The molecule has 2 aromatic rings. The van der Waals surface area contributed by atoms with Crippen LogP contribution in [-0.4, -0.2) is 36.6 Å². The van der Waals surface area contributed by atoms with E-state index in [0.717, 1.165) is 37.4 Å². The molecule has 4 nitrogen and oxygen atoms in total. The van der Waals surface area contributed by atoms with Gasteiger partial charge in [-0.2, -0.15) is 0 Å². The van der Waals surface area contributed by atoms with Crippen molar-refractivity contribution in [3.05, 3.63) is 60.2 Å². The van der Waals surface area contributed by atoms with E-state index in [1.54, 1.807) is 0 Å². The molecular weight excluding hydrogens is 314 g/mol. The molecule has 0 N–H and O–H groups in total. The molecule has 1 aliphatic rings. The number of nitrogens with zero attached hydrogens (tertiary/aromatic N) is 1. The Morgan fingerprint density at radius 1 is 1.00 bits per heavy atom. The Hall–Kier alpha value is -2.49. The first-order valence-electron chi connectivity index (χ1n) is 8.89. The number of likely N-dealkylation sites (tertiary alicyclic amines) is 1. The van der Waals surface area contributed by atoms with Crippen LogP contribution in [0.25, 0.3) is 0 Å². The summed E-state index contributed by atoms with van der Waals surface area (Å²) in [6, 6.07) is 17.7. The lowest BCUT2D eigenvalue weighted by atomic mass is 10.1. The number of carbonyl (C=O) groups excluding carboxylic acids is 1. The van der Waals surface area contributed by atoms with Gasteiger partial charge in [0.05, 0.1) is 13.0 Å². The van der Waals surface area contributed by atoms with Gasteiger partial charge < -0.3 is 14.4 Å². The summed E-state index contributed by atoms with van der Waals surface area (Å²) < 4.78 is 11.6. The standard InChI is InChI=1S/C21H25NO3/c1-17-7-9-19(10-8-17)25-20-11-14-22(15-12-20)21(23)13-16-24-18-5-3-2-4-6-18/h2-10,20H,11-16H2,1H3. The van der Waals surface area contributed by atoms with E-state index in [9.17, 15) is 4.79 Å². The van der Waals surface area contributed by atoms with Crippen LogP contribution in [0.3, 0.4) is 0 Å². The Labute approximate surface area is 149 Å². The van der Waals surface area contributed by atoms with E-state index >= 15 is 0 Å². The molecule has 0 unspecified atom stereocenters. The minimum absolute atomic E-state index is 0.157. The second-order valence-corrected chi connectivity index (χ2v) is 6.42. The molecule has 1 fully saturated rings. The van der Waals surface area contributed by atoms with E-state index in [2.05, 4.69) is 19.1 Å². The Bertz CT molecular complexity index is 661. The number of para-hydroxylation sites is 1. The fraction of sp³-hybridized carbons (Fsp3) is 0.381. The molecule has 1 saturated heterocycles. The van der Waals surface area contributed by atoms with Gasteiger partial charge in [0.2, 0.25) is 5.91 Å². The van der Waals surface area contributed by atoms with Crippen molar-refractivity contribution in [1.29, 1.82) is 0 Å². The molecule has 1 amide bonds. The predicted octanol–water partition coefficient (Wildman–Crippen LogP) is 3.83. The van der Waals surface area contributed by atoms with E-state index in [1.807, 2.05) is 47.4 Å². The number of rotatable bonds is 6. The van der Waals surface area contributed by atoms with Gasteiger partial charge in [-0.05, 0) is 31.2 Å². The first-order chi connectivity index (χ1) is 12.2. The molecular formula is C21H25NO3. The van der Waals surface area contributed by atoms with Crippen molar-refractivity contribution >= 4 is 5.91 Å². The third-order valence-electron chi connectivity index (χ3n) is 4.45. The van der Waals surface area contributed by atoms with Crippen LogP contribution in [0.15, 0.2) is 54.6 Å². The van der Waals surface area contributed by atoms with Crippen molar-refractivity contribution in [3.8, 4) is 11.5 Å². The van der Waals surface area contributed by atoms with E-state index in [-0.39, 0.29) is 12.0 Å². The summed E-state index contributed by atoms with van der Waals surface area (Å²) in [6.45, 7) is 3.99. The lowest BCUT2D eigenvalue weighted by molar-refractivity contribution is -0.133. The topological polar surface area (TPSA) is 38.8 Å². The van der Waals surface area contributed by atoms with Gasteiger partial charge in [-0.3, -0.25) is 4.79 Å². The van der Waals surface area contributed by atoms with E-state index in [4.69, 9.17) is 9.47 Å². The van der Waals surface area contributed by atoms with Crippen molar-refractivity contribution in [2.24, 2.45) is 0 Å². The average Bonchev–Trinajstić information content (AvgIpc) is 2.65. The number of benzene rings is 2. The van der Waals surface area contributed by atoms with Gasteiger partial charge in [-0.25, -0.2) is 0 Å². The predicted molar refractivity (Wildman–Crippen MR) is 98.0 cm³/mol. The van der Waals surface area contributed by atoms with Gasteiger partial charge in [0.1, 0.15) is 17.6 Å². The molecule has 4 heteroatoms. The number of carbonyl (C=O) groups is 1. The highest BCUT2D eigenvalue weighted by Crippen LogP contribution is 2.20. The Balaban J connectivity index is 1.38. The zero-order valence-electron chi connectivity index (χ0n) is 14.7. The van der Waals surface area contributed by atoms with Gasteiger partial charge in [-0.1, -0.05) is 35.9 Å². The lowest BCUT2D eigenvalue weighted by Gasteiger charge is -2.32. The maximum atomic E-state index is 12.3. The van der Waals surface area contributed by atoms with E-state index in [1.165, 1.54) is 5.56 Å². The van der Waals surface area contributed by atoms with Crippen LogP contribution in [0.4, 0.5) is 0 Å². The van der Waals surface area contributed by atoms with Crippen LogP contribution in [0, 0.1) is 6.92 Å². The molecule has 132 valence electrons. The first kappa shape index (κ1) is 17.3. The molecule has 1 heterocycles. The molecule has 0 aliphatic carbocycles. The number of amides is 1. The minimum atomic E-state index is 0.157. The number of aryl methyl sites for hydroxylation is 1. The highest BCUT2D eigenvalue weighted by molar-refractivity contribution is 5.76. The summed E-state index contributed by atoms with van der Waals surface area (Å²) in [7, 11) is 0. The molecule has 3 rings (SSSR count). The molecule has 25 heavy (non-hydrogen) atoms. The summed E-state index contributed by atoms with van der Waals surface area (Å²) in [6.07, 6.45) is 2.35. The Kier molecular flexibility index (Phi) is 5.94. The summed E-state index contributed by atoms with van der Waals surface area (Å²) in [5.74, 6) is 1.87. The number of piperidine rings is 1. The molecule has 2 aromatic carbocycles. The molecule has 1 aliphatic heterocycles. The Morgan fingerprint density at radius 3 is 2.36 bits per heavy atom. The SMILES string of the molecule is Cc1ccc(OC2CCN(C(=O)CCOc3ccccc3)CC2)cc1. The second-order valence-electron chi connectivity index (χ2n) is 6.42. The summed E-state index contributed by atoms with van der Waals surface area (Å²) in [4.78, 5) is 14.2. The second kappa shape index (κ2) is 8.56. The molecule has 0 saturated carbocycles. The quantitative estimate of drug-likeness (QED) is 0.803. The summed E-state index contributed by atoms with van der Waals surface area (Å²) in [5.41, 5.74) is 1.23. The highest BCUT2D eigenvalue weighted by atomic mass is 16.5. The fourth-order valence-electron chi connectivity index (χ4n) is 2.96. The number of hydrogen-bond donors (Lipinski definition) is 0. The van der Waals surface area contributed by atoms with Gasteiger partial charge in [0.15, 0.2) is 0 Å². The van der Waals surface area contributed by atoms with Crippen molar-refractivity contribution in [1.82, 2.24) is 4.90 Å². The first-order valence-corrected chi connectivity index (χ1v) is 8.89. The maximum Gasteiger partial charge on any atom is 0.226 e. The monoisotopic (exact) mass is 339 g/mol. The van der Waals surface area contributed by atoms with Crippen molar-refractivity contribution in [2.45, 2.75) is 32.3 Å². The summed E-state index contributed by atoms with van der Waals surface area (Å²) in [5, 5.41) is 0. The van der Waals surface area contributed by atoms with Crippen molar-refractivity contribution in [2.75, 3.05) is 19.7 Å². The largest absolute Gasteiger partial charge is 0.493 e. The van der Waals surface area contributed by atoms with E-state index in [0.29, 0.717) is 13.0 Å². The van der Waals surface area contributed by atoms with Crippen molar-refractivity contribution in [3.63, 3.8) is 0 Å². The highest BCUT2D eigenvalue weighted by Gasteiger charge is 2.23. The molecule has 0 atom stereocenters. The average molecular weight is 339 g/mol. The van der Waals surface area contributed by atoms with Crippen LogP contribution >= 0.6 is 0 Å². The van der Waals surface area contributed by atoms with Gasteiger partial charge in [0, 0.05) is 25.9 Å². The van der Waals surface area contributed by atoms with E-state index < -0.39 is 0 Å². The molecule has 0 bridgehead atoms. The third-order valence-corrected chi connectivity index (χ3v) is 4.45. The smallest absolute Gasteiger partial charge is 0.226 e. The molecule has 0 aromatic heterocycles. The maximum absolute atomic E-state index is 12.3. The third kappa shape index (κ3) is 5.24.